The molecular weight excluding hydrogens is 405 g/mol. The lowest BCUT2D eigenvalue weighted by Crippen LogP contribution is -2.31. The van der Waals surface area contributed by atoms with Crippen LogP contribution in [0.15, 0.2) is 46.2 Å². The number of hydrogen-bond donors (Lipinski definition) is 1. The Balaban J connectivity index is 1.85. The van der Waals surface area contributed by atoms with Gasteiger partial charge in [0.15, 0.2) is 5.69 Å². The summed E-state index contributed by atoms with van der Waals surface area (Å²) in [4.78, 5) is 15.2. The first-order chi connectivity index (χ1) is 12.6. The fourth-order valence-electron chi connectivity index (χ4n) is 2.24. The molecule has 3 aromatic rings. The van der Waals surface area contributed by atoms with E-state index in [0.717, 1.165) is 7.05 Å². The summed E-state index contributed by atoms with van der Waals surface area (Å²) in [5, 5.41) is 4.92. The van der Waals surface area contributed by atoms with E-state index in [2.05, 4.69) is 10.1 Å². The van der Waals surface area contributed by atoms with Crippen molar-refractivity contribution < 1.29 is 26.4 Å². The molecule has 7 nitrogen and oxygen atoms in total. The number of carbonyl (C=O) groups excluding carboxylic acids is 1. The average Bonchev–Trinajstić information content (AvgIpc) is 3.24. The fraction of sp³-hybridized carbons (Fsp3) is 0.133. The maximum absolute atomic E-state index is 13.0. The lowest BCUT2D eigenvalue weighted by Gasteiger charge is -2.09. The molecule has 0 aliphatic carbocycles. The molecule has 12 heteroatoms. The summed E-state index contributed by atoms with van der Waals surface area (Å²) < 4.78 is 65.8. The molecule has 0 aliphatic heterocycles. The van der Waals surface area contributed by atoms with Crippen LogP contribution < -0.4 is 4.72 Å². The second-order valence-electron chi connectivity index (χ2n) is 5.40. The van der Waals surface area contributed by atoms with Gasteiger partial charge in [-0.05, 0) is 12.1 Å². The van der Waals surface area contributed by atoms with Crippen molar-refractivity contribution in [2.75, 3.05) is 0 Å². The van der Waals surface area contributed by atoms with Gasteiger partial charge < -0.3 is 0 Å². The van der Waals surface area contributed by atoms with Gasteiger partial charge in [-0.1, -0.05) is 12.1 Å². The Hall–Kier alpha value is -2.73. The SMILES string of the molecule is Cn1cc(S(=O)(=O)NC(=O)c2ccc(-c3cscn3)cc2)c(C(F)(F)F)n1. The number of amides is 1. The predicted octanol–water partition coefficient (Wildman–Crippen LogP) is 2.68. The van der Waals surface area contributed by atoms with Crippen LogP contribution in [-0.2, 0) is 23.2 Å². The van der Waals surface area contributed by atoms with Crippen LogP contribution in [0.3, 0.4) is 0 Å². The van der Waals surface area contributed by atoms with Crippen LogP contribution in [0.25, 0.3) is 11.3 Å². The summed E-state index contributed by atoms with van der Waals surface area (Å²) in [7, 11) is -3.62. The van der Waals surface area contributed by atoms with E-state index in [-0.39, 0.29) is 5.56 Å². The van der Waals surface area contributed by atoms with Crippen molar-refractivity contribution in [3.05, 3.63) is 52.6 Å². The van der Waals surface area contributed by atoms with Crippen molar-refractivity contribution in [3.63, 3.8) is 0 Å². The lowest BCUT2D eigenvalue weighted by atomic mass is 10.1. The van der Waals surface area contributed by atoms with Crippen molar-refractivity contribution in [3.8, 4) is 11.3 Å². The topological polar surface area (TPSA) is 94.0 Å². The van der Waals surface area contributed by atoms with E-state index in [1.165, 1.54) is 23.5 Å². The van der Waals surface area contributed by atoms with Crippen LogP contribution in [0, 0.1) is 0 Å². The Morgan fingerprint density at radius 1 is 1.22 bits per heavy atom. The second-order valence-corrected chi connectivity index (χ2v) is 7.77. The van der Waals surface area contributed by atoms with Crippen LogP contribution in [-0.4, -0.2) is 29.1 Å². The van der Waals surface area contributed by atoms with Crippen LogP contribution in [0.2, 0.25) is 0 Å². The van der Waals surface area contributed by atoms with Gasteiger partial charge in [0.05, 0.1) is 11.2 Å². The van der Waals surface area contributed by atoms with E-state index in [4.69, 9.17) is 0 Å². The van der Waals surface area contributed by atoms with Crippen molar-refractivity contribution in [1.82, 2.24) is 19.5 Å². The maximum atomic E-state index is 13.0. The van der Waals surface area contributed by atoms with Crippen LogP contribution in [0.4, 0.5) is 13.2 Å². The first-order valence-electron chi connectivity index (χ1n) is 7.24. The van der Waals surface area contributed by atoms with E-state index in [1.807, 2.05) is 0 Å². The lowest BCUT2D eigenvalue weighted by molar-refractivity contribution is -0.143. The third-order valence-electron chi connectivity index (χ3n) is 3.46. The highest BCUT2D eigenvalue weighted by Gasteiger charge is 2.41. The molecule has 0 bridgehead atoms. The number of rotatable bonds is 4. The Morgan fingerprint density at radius 3 is 2.44 bits per heavy atom. The smallest absolute Gasteiger partial charge is 0.274 e. The number of nitrogens with zero attached hydrogens (tertiary/aromatic N) is 3. The fourth-order valence-corrected chi connectivity index (χ4v) is 3.98. The van der Waals surface area contributed by atoms with E-state index in [0.29, 0.717) is 22.1 Å². The standard InChI is InChI=1S/C15H11F3N4O3S2/c1-22-6-12(13(20-22)15(16,17)18)27(24,25)21-14(23)10-4-2-9(3-5-10)11-7-26-8-19-11/h2-8H,1H3,(H,21,23). The summed E-state index contributed by atoms with van der Waals surface area (Å²) in [5.74, 6) is -1.06. The monoisotopic (exact) mass is 416 g/mol. The molecule has 1 aromatic carbocycles. The normalized spacial score (nSPS) is 12.1. The molecule has 1 amide bonds. The third-order valence-corrected chi connectivity index (χ3v) is 5.37. The molecule has 0 atom stereocenters. The Morgan fingerprint density at radius 2 is 1.89 bits per heavy atom. The summed E-state index contributed by atoms with van der Waals surface area (Å²) in [6, 6.07) is 5.82. The van der Waals surface area contributed by atoms with E-state index < -0.39 is 32.7 Å². The van der Waals surface area contributed by atoms with E-state index in [9.17, 15) is 26.4 Å². The summed E-state index contributed by atoms with van der Waals surface area (Å²) >= 11 is 1.39. The zero-order valence-electron chi connectivity index (χ0n) is 13.6. The molecule has 3 rings (SSSR count). The Labute approximate surface area is 155 Å². The van der Waals surface area contributed by atoms with Crippen molar-refractivity contribution >= 4 is 27.3 Å². The molecule has 0 aliphatic rings. The first kappa shape index (κ1) is 19.0. The van der Waals surface area contributed by atoms with E-state index in [1.54, 1.807) is 27.7 Å². The van der Waals surface area contributed by atoms with Gasteiger partial charge in [-0.25, -0.2) is 18.1 Å². The van der Waals surface area contributed by atoms with Crippen LogP contribution in [0.5, 0.6) is 0 Å². The number of benzene rings is 1. The minimum atomic E-state index is -4.98. The number of carbonyl (C=O) groups is 1. The zero-order chi connectivity index (χ0) is 19.8. The van der Waals surface area contributed by atoms with Gasteiger partial charge in [0.1, 0.15) is 4.90 Å². The molecule has 0 spiro atoms. The minimum Gasteiger partial charge on any atom is -0.274 e. The molecule has 2 aromatic heterocycles. The number of nitrogens with one attached hydrogen (secondary N) is 1. The molecule has 27 heavy (non-hydrogen) atoms. The predicted molar refractivity (Wildman–Crippen MR) is 90.4 cm³/mol. The highest BCUT2D eigenvalue weighted by atomic mass is 32.2. The number of alkyl halides is 3. The molecule has 0 saturated carbocycles. The quantitative estimate of drug-likeness (QED) is 0.706. The highest BCUT2D eigenvalue weighted by Crippen LogP contribution is 2.32. The summed E-state index contributed by atoms with van der Waals surface area (Å²) in [6.07, 6.45) is -4.30. The number of aromatic nitrogens is 3. The van der Waals surface area contributed by atoms with Gasteiger partial charge in [0.25, 0.3) is 15.9 Å². The average molecular weight is 416 g/mol. The molecule has 2 heterocycles. The van der Waals surface area contributed by atoms with E-state index >= 15 is 0 Å². The molecule has 142 valence electrons. The zero-order valence-corrected chi connectivity index (χ0v) is 15.2. The summed E-state index contributed by atoms with van der Waals surface area (Å²) in [5.41, 5.74) is 1.40. The maximum Gasteiger partial charge on any atom is 0.436 e. The molecule has 0 saturated heterocycles. The van der Waals surface area contributed by atoms with Gasteiger partial charge in [-0.3, -0.25) is 9.48 Å². The number of thiazole rings is 1. The van der Waals surface area contributed by atoms with Gasteiger partial charge in [0, 0.05) is 29.8 Å². The number of hydrogen-bond acceptors (Lipinski definition) is 6. The van der Waals surface area contributed by atoms with Gasteiger partial charge in [0.2, 0.25) is 0 Å². The molecule has 0 unspecified atom stereocenters. The van der Waals surface area contributed by atoms with Crippen molar-refractivity contribution in [2.24, 2.45) is 7.05 Å². The molecule has 0 fully saturated rings. The Kier molecular flexibility index (Phi) is 4.78. The number of halogens is 3. The van der Waals surface area contributed by atoms with Gasteiger partial charge >= 0.3 is 6.18 Å². The molecular formula is C15H11F3N4O3S2. The van der Waals surface area contributed by atoms with Crippen molar-refractivity contribution in [2.45, 2.75) is 11.1 Å². The molecule has 0 radical (unpaired) electrons. The highest BCUT2D eigenvalue weighted by molar-refractivity contribution is 7.90. The largest absolute Gasteiger partial charge is 0.436 e. The number of aryl methyl sites for hydroxylation is 1. The first-order valence-corrected chi connectivity index (χ1v) is 9.67. The van der Waals surface area contributed by atoms with Crippen molar-refractivity contribution in [1.29, 1.82) is 0 Å². The summed E-state index contributed by atoms with van der Waals surface area (Å²) in [6.45, 7) is 0. The van der Waals surface area contributed by atoms with Crippen LogP contribution >= 0.6 is 11.3 Å². The van der Waals surface area contributed by atoms with Gasteiger partial charge in [-0.2, -0.15) is 18.3 Å². The van der Waals surface area contributed by atoms with Crippen LogP contribution in [0.1, 0.15) is 16.1 Å². The second kappa shape index (κ2) is 6.78. The third kappa shape index (κ3) is 4.01. The Bertz CT molecular complexity index is 1070. The minimum absolute atomic E-state index is 0.0324. The number of sulfonamides is 1. The molecule has 1 N–H and O–H groups in total. The van der Waals surface area contributed by atoms with Gasteiger partial charge in [-0.15, -0.1) is 11.3 Å².